The van der Waals surface area contributed by atoms with Gasteiger partial charge in [-0.15, -0.1) is 0 Å². The van der Waals surface area contributed by atoms with Crippen molar-refractivity contribution in [3.05, 3.63) is 65.7 Å². The molecule has 0 saturated carbocycles. The molecule has 0 fully saturated rings. The van der Waals surface area contributed by atoms with Gasteiger partial charge in [0, 0.05) is 6.42 Å². The molecule has 4 amide bonds. The van der Waals surface area contributed by atoms with Crippen LogP contribution in [0.2, 0.25) is 0 Å². The summed E-state index contributed by atoms with van der Waals surface area (Å²) in [4.78, 5) is 86.6. The quantitative estimate of drug-likeness (QED) is 0.134. The minimum absolute atomic E-state index is 0.0117. The summed E-state index contributed by atoms with van der Waals surface area (Å²) in [6.07, 6.45) is -1.95. The van der Waals surface area contributed by atoms with Crippen molar-refractivity contribution in [3.63, 3.8) is 0 Å². The number of phenolic OH excluding ortho intramolecular Hbond substituents is 1. The number of carbonyl (C=O) groups is 7. The first-order valence-electron chi connectivity index (χ1n) is 14.2. The molecule has 0 aliphatic carbocycles. The van der Waals surface area contributed by atoms with Crippen molar-refractivity contribution in [1.82, 2.24) is 21.3 Å². The molecule has 0 radical (unpaired) electrons. The van der Waals surface area contributed by atoms with E-state index in [4.69, 9.17) is 9.84 Å². The highest BCUT2D eigenvalue weighted by Crippen LogP contribution is 2.13. The van der Waals surface area contributed by atoms with Crippen molar-refractivity contribution < 1.29 is 52.9 Å². The summed E-state index contributed by atoms with van der Waals surface area (Å²) in [6, 6.07) is 8.99. The van der Waals surface area contributed by atoms with E-state index in [1.54, 1.807) is 56.3 Å². The Balaban J connectivity index is 2.14. The third kappa shape index (κ3) is 12.0. The average Bonchev–Trinajstić information content (AvgIpc) is 3.02. The molecule has 248 valence electrons. The summed E-state index contributed by atoms with van der Waals surface area (Å²) in [6.45, 7) is 2.67. The molecule has 2 rings (SSSR count). The molecule has 46 heavy (non-hydrogen) atoms. The topological polar surface area (TPSA) is 217 Å². The summed E-state index contributed by atoms with van der Waals surface area (Å²) < 4.78 is 17.9. The molecule has 1 unspecified atom stereocenters. The number of aromatic hydroxyl groups is 1. The molecule has 0 heterocycles. The van der Waals surface area contributed by atoms with Crippen LogP contribution in [0.25, 0.3) is 0 Å². The number of rotatable bonds is 17. The monoisotopic (exact) mass is 644 g/mol. The SMILES string of the molecule is CC(C)[C@H](NC(=O)[C@H](Cc1ccc(O)cc1)NC(=O)OCc1ccccc1)C(=O)N[C@@H](C)C(=O)NC(CC(=O)O)C(=O)C(=O)CF. The normalized spacial score (nSPS) is 13.3. The third-order valence-corrected chi connectivity index (χ3v) is 6.60. The van der Waals surface area contributed by atoms with E-state index < -0.39 is 84.5 Å². The molecule has 14 nitrogen and oxygen atoms in total. The molecule has 0 aliphatic heterocycles. The van der Waals surface area contributed by atoms with E-state index in [1.165, 1.54) is 19.1 Å². The summed E-state index contributed by atoms with van der Waals surface area (Å²) in [5, 5.41) is 28.1. The maximum Gasteiger partial charge on any atom is 0.408 e. The number of hydrogen-bond donors (Lipinski definition) is 6. The molecular weight excluding hydrogens is 607 g/mol. The van der Waals surface area contributed by atoms with Gasteiger partial charge < -0.3 is 36.2 Å². The number of aliphatic carboxylic acids is 1. The molecule has 0 spiro atoms. The van der Waals surface area contributed by atoms with E-state index in [2.05, 4.69) is 16.0 Å². The van der Waals surface area contributed by atoms with Crippen LogP contribution in [0, 0.1) is 5.92 Å². The second-order valence-electron chi connectivity index (χ2n) is 10.7. The van der Waals surface area contributed by atoms with Crippen molar-refractivity contribution >= 4 is 41.4 Å². The lowest BCUT2D eigenvalue weighted by Gasteiger charge is -2.27. The first kappa shape index (κ1) is 36.8. The minimum Gasteiger partial charge on any atom is -0.508 e. The lowest BCUT2D eigenvalue weighted by atomic mass is 10.0. The van der Waals surface area contributed by atoms with Crippen LogP contribution in [0.4, 0.5) is 9.18 Å². The van der Waals surface area contributed by atoms with Crippen molar-refractivity contribution in [3.8, 4) is 5.75 Å². The molecule has 2 aromatic carbocycles. The fraction of sp³-hybridized carbons (Fsp3) is 0.387. The number of phenols is 1. The fourth-order valence-corrected chi connectivity index (χ4v) is 4.08. The van der Waals surface area contributed by atoms with Crippen molar-refractivity contribution in [2.45, 2.75) is 64.4 Å². The summed E-state index contributed by atoms with van der Waals surface area (Å²) in [5.41, 5.74) is 1.27. The van der Waals surface area contributed by atoms with E-state index >= 15 is 0 Å². The molecule has 15 heteroatoms. The number of amides is 4. The Hall–Kier alpha value is -5.34. The highest BCUT2D eigenvalue weighted by atomic mass is 19.1. The number of carboxylic acid groups (broad SMARTS) is 1. The lowest BCUT2D eigenvalue weighted by Crippen LogP contribution is -2.59. The first-order chi connectivity index (χ1) is 21.7. The predicted octanol–water partition coefficient (Wildman–Crippen LogP) is 0.942. The van der Waals surface area contributed by atoms with Gasteiger partial charge in [0.25, 0.3) is 0 Å². The van der Waals surface area contributed by atoms with Crippen LogP contribution in [-0.4, -0.2) is 82.4 Å². The number of alkyl halides is 1. The number of carboxylic acids is 1. The number of benzene rings is 2. The predicted molar refractivity (Wildman–Crippen MR) is 160 cm³/mol. The van der Waals surface area contributed by atoms with Crippen molar-refractivity contribution in [1.29, 1.82) is 0 Å². The largest absolute Gasteiger partial charge is 0.508 e. The fourth-order valence-electron chi connectivity index (χ4n) is 4.08. The Bertz CT molecular complexity index is 1400. The van der Waals surface area contributed by atoms with Gasteiger partial charge in [0.2, 0.25) is 29.3 Å². The molecule has 0 bridgehead atoms. The van der Waals surface area contributed by atoms with E-state index in [1.807, 2.05) is 5.32 Å². The maximum absolute atomic E-state index is 13.4. The Morgan fingerprint density at radius 1 is 0.761 bits per heavy atom. The Morgan fingerprint density at radius 2 is 1.39 bits per heavy atom. The average molecular weight is 645 g/mol. The smallest absolute Gasteiger partial charge is 0.408 e. The number of ketones is 2. The Morgan fingerprint density at radius 3 is 1.96 bits per heavy atom. The van der Waals surface area contributed by atoms with Crippen LogP contribution in [0.3, 0.4) is 0 Å². The van der Waals surface area contributed by atoms with Crippen molar-refractivity contribution in [2.24, 2.45) is 5.92 Å². The highest BCUT2D eigenvalue weighted by Gasteiger charge is 2.33. The van der Waals surface area contributed by atoms with Gasteiger partial charge in [0.05, 0.1) is 6.42 Å². The first-order valence-corrected chi connectivity index (χ1v) is 14.2. The Labute approximate surface area is 264 Å². The zero-order valence-corrected chi connectivity index (χ0v) is 25.4. The molecule has 0 aromatic heterocycles. The van der Waals surface area contributed by atoms with E-state index in [-0.39, 0.29) is 18.8 Å². The molecule has 2 aromatic rings. The molecule has 0 aliphatic rings. The second kappa shape index (κ2) is 17.8. The molecule has 0 saturated heterocycles. The van der Waals surface area contributed by atoms with Crippen LogP contribution >= 0.6 is 0 Å². The highest BCUT2D eigenvalue weighted by molar-refractivity contribution is 6.40. The van der Waals surface area contributed by atoms with Gasteiger partial charge in [0.1, 0.15) is 36.5 Å². The number of Topliss-reactive ketones (excluding diaryl/α,β-unsaturated/α-hetero) is 2. The van der Waals surface area contributed by atoms with Crippen LogP contribution in [0.5, 0.6) is 5.75 Å². The molecule has 4 atom stereocenters. The van der Waals surface area contributed by atoms with Gasteiger partial charge in [-0.05, 0) is 36.1 Å². The lowest BCUT2D eigenvalue weighted by molar-refractivity contribution is -0.143. The molecule has 6 N–H and O–H groups in total. The standard InChI is InChI=1S/C31H37FN4O10/c1-17(2)26(30(44)33-18(3)28(42)34-22(14-25(39)40)27(41)24(38)15-32)36-29(43)23(13-19-9-11-21(37)12-10-19)35-31(45)46-16-20-7-5-4-6-8-20/h4-12,17-18,22-23,26,37H,13-16H2,1-3H3,(H,33,44)(H,34,42)(H,35,45)(H,36,43)(H,39,40)/t18-,22?,23-,26-/m0/s1. The summed E-state index contributed by atoms with van der Waals surface area (Å²) in [5.74, 6) is -7.70. The van der Waals surface area contributed by atoms with Gasteiger partial charge in [0.15, 0.2) is 6.67 Å². The zero-order chi connectivity index (χ0) is 34.4. The Kier molecular flexibility index (Phi) is 14.3. The van der Waals surface area contributed by atoms with Crippen molar-refractivity contribution in [2.75, 3.05) is 6.67 Å². The summed E-state index contributed by atoms with van der Waals surface area (Å²) in [7, 11) is 0. The van der Waals surface area contributed by atoms with E-state index in [9.17, 15) is 43.1 Å². The summed E-state index contributed by atoms with van der Waals surface area (Å²) >= 11 is 0. The van der Waals surface area contributed by atoms with Gasteiger partial charge in [-0.25, -0.2) is 9.18 Å². The second-order valence-corrected chi connectivity index (χ2v) is 10.7. The number of ether oxygens (including phenoxy) is 1. The van der Waals surface area contributed by atoms with Gasteiger partial charge in [-0.3, -0.25) is 28.8 Å². The van der Waals surface area contributed by atoms with Crippen LogP contribution in [0.1, 0.15) is 38.3 Å². The van der Waals surface area contributed by atoms with Crippen LogP contribution in [0.15, 0.2) is 54.6 Å². The number of alkyl carbamates (subject to hydrolysis) is 1. The maximum atomic E-state index is 13.4. The third-order valence-electron chi connectivity index (χ3n) is 6.60. The van der Waals surface area contributed by atoms with Crippen LogP contribution in [-0.2, 0) is 46.5 Å². The number of halogens is 1. The zero-order valence-electron chi connectivity index (χ0n) is 25.4. The van der Waals surface area contributed by atoms with Gasteiger partial charge in [-0.1, -0.05) is 56.3 Å². The molecular formula is C31H37FN4O10. The van der Waals surface area contributed by atoms with Crippen LogP contribution < -0.4 is 21.3 Å². The number of hydrogen-bond acceptors (Lipinski definition) is 9. The number of carbonyl (C=O) groups excluding carboxylic acids is 6. The van der Waals surface area contributed by atoms with E-state index in [0.29, 0.717) is 11.1 Å². The van der Waals surface area contributed by atoms with Gasteiger partial charge in [-0.2, -0.15) is 0 Å². The van der Waals surface area contributed by atoms with E-state index in [0.717, 1.165) is 0 Å². The number of nitrogens with one attached hydrogen (secondary N) is 4. The minimum atomic E-state index is -1.86. The van der Waals surface area contributed by atoms with Gasteiger partial charge >= 0.3 is 12.1 Å².